The molecule has 0 aliphatic heterocycles. The fraction of sp³-hybridized carbons (Fsp3) is 0.375. The number of carbonyl (C=O) groups is 3. The van der Waals surface area contributed by atoms with Crippen molar-refractivity contribution in [3.05, 3.63) is 59.7 Å². The van der Waals surface area contributed by atoms with Crippen LogP contribution in [0.25, 0.3) is 0 Å². The highest BCUT2D eigenvalue weighted by molar-refractivity contribution is 5.98. The van der Waals surface area contributed by atoms with Gasteiger partial charge in [0.05, 0.1) is 6.54 Å². The van der Waals surface area contributed by atoms with Gasteiger partial charge >= 0.3 is 0 Å². The molecule has 0 aromatic heterocycles. The third-order valence-electron chi connectivity index (χ3n) is 4.85. The van der Waals surface area contributed by atoms with Crippen LogP contribution < -0.4 is 16.0 Å². The third kappa shape index (κ3) is 7.70. The van der Waals surface area contributed by atoms with Gasteiger partial charge in [0.25, 0.3) is 11.8 Å². The van der Waals surface area contributed by atoms with Crippen molar-refractivity contribution in [2.75, 3.05) is 50.5 Å². The van der Waals surface area contributed by atoms with Crippen molar-refractivity contribution in [2.45, 2.75) is 20.3 Å². The number of rotatable bonds is 12. The molecule has 3 amide bonds. The van der Waals surface area contributed by atoms with Crippen LogP contribution in [0.4, 0.5) is 11.4 Å². The summed E-state index contributed by atoms with van der Waals surface area (Å²) in [5.41, 5.74) is 2.37. The van der Waals surface area contributed by atoms with Crippen molar-refractivity contribution >= 4 is 29.1 Å². The zero-order valence-electron chi connectivity index (χ0n) is 18.9. The summed E-state index contributed by atoms with van der Waals surface area (Å²) in [6.07, 6.45) is 0.753. The van der Waals surface area contributed by atoms with Crippen molar-refractivity contribution in [3.8, 4) is 0 Å². The van der Waals surface area contributed by atoms with E-state index in [0.717, 1.165) is 12.1 Å². The van der Waals surface area contributed by atoms with Crippen molar-refractivity contribution in [1.29, 1.82) is 0 Å². The van der Waals surface area contributed by atoms with Crippen molar-refractivity contribution < 1.29 is 19.1 Å². The predicted octanol–water partition coefficient (Wildman–Crippen LogP) is 2.99. The molecule has 0 bridgehead atoms. The Bertz CT molecular complexity index is 895. The smallest absolute Gasteiger partial charge is 0.253 e. The van der Waals surface area contributed by atoms with Gasteiger partial charge < -0.3 is 25.6 Å². The quantitative estimate of drug-likeness (QED) is 0.441. The predicted molar refractivity (Wildman–Crippen MR) is 126 cm³/mol. The molecular formula is C24H32N4O4. The lowest BCUT2D eigenvalue weighted by Gasteiger charge is -2.19. The molecule has 0 radical (unpaired) electrons. The summed E-state index contributed by atoms with van der Waals surface area (Å²) in [5.74, 6) is -0.450. The molecule has 0 saturated heterocycles. The van der Waals surface area contributed by atoms with Gasteiger partial charge in [-0.25, -0.2) is 0 Å². The summed E-state index contributed by atoms with van der Waals surface area (Å²) in [6, 6.07) is 13.8. The Balaban J connectivity index is 1.85. The molecule has 8 heteroatoms. The van der Waals surface area contributed by atoms with Gasteiger partial charge in [0, 0.05) is 55.9 Å². The van der Waals surface area contributed by atoms with Crippen LogP contribution in [0.3, 0.4) is 0 Å². The molecule has 3 N–H and O–H groups in total. The largest absolute Gasteiger partial charge is 0.385 e. The maximum Gasteiger partial charge on any atom is 0.253 e. The third-order valence-corrected chi connectivity index (χ3v) is 4.85. The molecule has 0 unspecified atom stereocenters. The highest BCUT2D eigenvalue weighted by Crippen LogP contribution is 2.14. The summed E-state index contributed by atoms with van der Waals surface area (Å²) >= 11 is 0. The minimum atomic E-state index is -0.239. The highest BCUT2D eigenvalue weighted by atomic mass is 16.5. The molecule has 2 rings (SSSR count). The molecule has 0 heterocycles. The van der Waals surface area contributed by atoms with Crippen LogP contribution in [0, 0.1) is 0 Å². The number of amides is 3. The van der Waals surface area contributed by atoms with Crippen LogP contribution in [0.1, 0.15) is 41.0 Å². The lowest BCUT2D eigenvalue weighted by Crippen LogP contribution is -2.30. The molecule has 0 aliphatic carbocycles. The van der Waals surface area contributed by atoms with Gasteiger partial charge in [-0.2, -0.15) is 0 Å². The Morgan fingerprint density at radius 2 is 1.66 bits per heavy atom. The fourth-order valence-corrected chi connectivity index (χ4v) is 3.07. The fourth-order valence-electron chi connectivity index (χ4n) is 3.07. The van der Waals surface area contributed by atoms with Gasteiger partial charge in [0.15, 0.2) is 0 Å². The summed E-state index contributed by atoms with van der Waals surface area (Å²) in [5, 5.41) is 8.66. The van der Waals surface area contributed by atoms with Gasteiger partial charge in [-0.3, -0.25) is 14.4 Å². The van der Waals surface area contributed by atoms with Crippen molar-refractivity contribution in [1.82, 2.24) is 10.2 Å². The average Bonchev–Trinajstić information content (AvgIpc) is 2.81. The summed E-state index contributed by atoms with van der Waals surface area (Å²) in [6.45, 7) is 6.32. The van der Waals surface area contributed by atoms with E-state index in [-0.39, 0.29) is 24.3 Å². The van der Waals surface area contributed by atoms with E-state index in [1.54, 1.807) is 60.5 Å². The first-order valence-electron chi connectivity index (χ1n) is 10.8. The SMILES string of the molecule is CCN(CC)C(=O)c1cccc(NC(=O)CNc2ccc(C(=O)NCCCOC)cc2)c1. The number of methoxy groups -OCH3 is 1. The molecule has 172 valence electrons. The summed E-state index contributed by atoms with van der Waals surface area (Å²) < 4.78 is 4.95. The number of hydrogen-bond acceptors (Lipinski definition) is 5. The van der Waals surface area contributed by atoms with E-state index in [2.05, 4.69) is 16.0 Å². The molecule has 0 spiro atoms. The normalized spacial score (nSPS) is 10.3. The first-order valence-corrected chi connectivity index (χ1v) is 10.8. The summed E-state index contributed by atoms with van der Waals surface area (Å²) in [4.78, 5) is 38.6. The Labute approximate surface area is 189 Å². The van der Waals surface area contributed by atoms with Crippen LogP contribution in [0.5, 0.6) is 0 Å². The maximum atomic E-state index is 12.5. The number of anilines is 2. The molecule has 0 atom stereocenters. The maximum absolute atomic E-state index is 12.5. The van der Waals surface area contributed by atoms with E-state index in [1.165, 1.54) is 0 Å². The number of carbonyl (C=O) groups excluding carboxylic acids is 3. The number of ether oxygens (including phenoxy) is 1. The first kappa shape index (κ1) is 24.9. The summed E-state index contributed by atoms with van der Waals surface area (Å²) in [7, 11) is 1.62. The van der Waals surface area contributed by atoms with E-state index < -0.39 is 0 Å². The Morgan fingerprint density at radius 1 is 0.938 bits per heavy atom. The number of nitrogens with one attached hydrogen (secondary N) is 3. The Morgan fingerprint density at radius 3 is 2.31 bits per heavy atom. The zero-order valence-corrected chi connectivity index (χ0v) is 18.9. The van der Waals surface area contributed by atoms with Gasteiger partial charge in [-0.1, -0.05) is 6.07 Å². The van der Waals surface area contributed by atoms with Crippen LogP contribution in [0.2, 0.25) is 0 Å². The Hall–Kier alpha value is -3.39. The van der Waals surface area contributed by atoms with E-state index in [4.69, 9.17) is 4.74 Å². The van der Waals surface area contributed by atoms with Crippen LogP contribution in [-0.4, -0.2) is 62.5 Å². The molecule has 32 heavy (non-hydrogen) atoms. The number of nitrogens with zero attached hydrogens (tertiary/aromatic N) is 1. The lowest BCUT2D eigenvalue weighted by molar-refractivity contribution is -0.114. The molecule has 0 fully saturated rings. The van der Waals surface area contributed by atoms with Gasteiger partial charge in [0.1, 0.15) is 0 Å². The second-order valence-corrected chi connectivity index (χ2v) is 7.14. The van der Waals surface area contributed by atoms with Gasteiger partial charge in [0.2, 0.25) is 5.91 Å². The highest BCUT2D eigenvalue weighted by Gasteiger charge is 2.13. The minimum absolute atomic E-state index is 0.0524. The van der Waals surface area contributed by atoms with Crippen molar-refractivity contribution in [3.63, 3.8) is 0 Å². The average molecular weight is 441 g/mol. The zero-order chi connectivity index (χ0) is 23.3. The van der Waals surface area contributed by atoms with Crippen LogP contribution >= 0.6 is 0 Å². The molecule has 2 aromatic rings. The second kappa shape index (κ2) is 13.1. The van der Waals surface area contributed by atoms with Crippen LogP contribution in [0.15, 0.2) is 48.5 Å². The number of benzene rings is 2. The van der Waals surface area contributed by atoms with E-state index >= 15 is 0 Å². The number of hydrogen-bond donors (Lipinski definition) is 3. The monoisotopic (exact) mass is 440 g/mol. The molecule has 8 nitrogen and oxygen atoms in total. The van der Waals surface area contributed by atoms with Crippen LogP contribution in [-0.2, 0) is 9.53 Å². The first-order chi connectivity index (χ1) is 15.5. The topological polar surface area (TPSA) is 99.8 Å². The molecular weight excluding hydrogens is 408 g/mol. The Kier molecular flexibility index (Phi) is 10.2. The molecule has 0 aliphatic rings. The van der Waals surface area contributed by atoms with Gasteiger partial charge in [-0.05, 0) is 62.7 Å². The minimum Gasteiger partial charge on any atom is -0.385 e. The lowest BCUT2D eigenvalue weighted by atomic mass is 10.1. The van der Waals surface area contributed by atoms with Crippen molar-refractivity contribution in [2.24, 2.45) is 0 Å². The molecule has 2 aromatic carbocycles. The van der Waals surface area contributed by atoms with Gasteiger partial charge in [-0.15, -0.1) is 0 Å². The van der Waals surface area contributed by atoms with E-state index in [1.807, 2.05) is 13.8 Å². The second-order valence-electron chi connectivity index (χ2n) is 7.14. The standard InChI is InChI=1S/C24H32N4O4/c1-4-28(5-2)24(31)19-8-6-9-21(16-19)27-22(29)17-26-20-12-10-18(11-13-20)23(30)25-14-7-15-32-3/h6,8-13,16,26H,4-5,7,14-15,17H2,1-3H3,(H,25,30)(H,27,29). The molecule has 0 saturated carbocycles. The van der Waals surface area contributed by atoms with E-state index in [9.17, 15) is 14.4 Å². The van der Waals surface area contributed by atoms with E-state index in [0.29, 0.717) is 43.1 Å².